The van der Waals surface area contributed by atoms with Crippen LogP contribution < -0.4 is 0 Å². The van der Waals surface area contributed by atoms with Gasteiger partial charge in [0, 0.05) is 12.4 Å². The number of hydrogen-bond donors (Lipinski definition) is 1. The highest BCUT2D eigenvalue weighted by Crippen LogP contribution is 2.32. The Morgan fingerprint density at radius 2 is 1.81 bits per heavy atom. The van der Waals surface area contributed by atoms with Gasteiger partial charge in [0.15, 0.2) is 9.84 Å². The van der Waals surface area contributed by atoms with Gasteiger partial charge in [-0.15, -0.1) is 0 Å². The molecule has 1 heterocycles. The Morgan fingerprint density at radius 3 is 2.38 bits per heavy atom. The number of nitrogens with zero attached hydrogens (tertiary/aromatic N) is 2. The van der Waals surface area contributed by atoms with Crippen LogP contribution >= 0.6 is 23.2 Å². The molecule has 9 heteroatoms. The zero-order chi connectivity index (χ0) is 15.6. The first-order valence-electron chi connectivity index (χ1n) is 5.53. The van der Waals surface area contributed by atoms with Crippen LogP contribution in [0, 0.1) is 0 Å². The summed E-state index contributed by atoms with van der Waals surface area (Å²) in [5.41, 5.74) is -0.451. The van der Waals surface area contributed by atoms with Crippen molar-refractivity contribution in [3.05, 3.63) is 52.0 Å². The van der Waals surface area contributed by atoms with Crippen LogP contribution in [0.4, 0.5) is 0 Å². The minimum absolute atomic E-state index is 0.0837. The Hall–Kier alpha value is -1.70. The lowest BCUT2D eigenvalue weighted by Crippen LogP contribution is -2.10. The second-order valence-electron chi connectivity index (χ2n) is 3.96. The molecule has 2 rings (SSSR count). The topological polar surface area (TPSA) is 97.2 Å². The summed E-state index contributed by atoms with van der Waals surface area (Å²) in [6.07, 6.45) is 2.81. The molecule has 1 aromatic heterocycles. The van der Waals surface area contributed by atoms with Crippen molar-refractivity contribution >= 4 is 39.0 Å². The summed E-state index contributed by atoms with van der Waals surface area (Å²) in [6.45, 7) is 0. The Bertz CT molecular complexity index is 794. The third-order valence-corrected chi connectivity index (χ3v) is 5.01. The van der Waals surface area contributed by atoms with E-state index in [1.807, 2.05) is 0 Å². The lowest BCUT2D eigenvalue weighted by Gasteiger charge is -2.09. The van der Waals surface area contributed by atoms with E-state index in [1.165, 1.54) is 18.5 Å². The molecule has 0 radical (unpaired) electrons. The molecule has 1 aromatic carbocycles. The van der Waals surface area contributed by atoms with Crippen LogP contribution in [-0.4, -0.2) is 29.5 Å². The van der Waals surface area contributed by atoms with Crippen LogP contribution in [0.3, 0.4) is 0 Å². The molecule has 0 unspecified atom stereocenters. The molecule has 21 heavy (non-hydrogen) atoms. The zero-order valence-electron chi connectivity index (χ0n) is 10.3. The number of sulfone groups is 1. The fourth-order valence-electron chi connectivity index (χ4n) is 1.62. The van der Waals surface area contributed by atoms with Gasteiger partial charge >= 0.3 is 5.97 Å². The van der Waals surface area contributed by atoms with Crippen molar-refractivity contribution in [2.24, 2.45) is 0 Å². The Kier molecular flexibility index (Phi) is 4.46. The smallest absolute Gasteiger partial charge is 0.338 e. The minimum atomic E-state index is -3.90. The third kappa shape index (κ3) is 3.31. The molecule has 6 nitrogen and oxygen atoms in total. The van der Waals surface area contributed by atoms with E-state index in [4.69, 9.17) is 28.3 Å². The minimum Gasteiger partial charge on any atom is -0.478 e. The maximum absolute atomic E-state index is 12.3. The molecule has 110 valence electrons. The van der Waals surface area contributed by atoms with E-state index in [1.54, 1.807) is 6.07 Å². The van der Waals surface area contributed by atoms with E-state index in [-0.39, 0.29) is 15.7 Å². The van der Waals surface area contributed by atoms with Gasteiger partial charge in [0.05, 0.1) is 20.5 Å². The molecule has 0 saturated carbocycles. The highest BCUT2D eigenvalue weighted by atomic mass is 35.5. The van der Waals surface area contributed by atoms with Gasteiger partial charge in [-0.2, -0.15) is 0 Å². The predicted octanol–water partition coefficient (Wildman–Crippen LogP) is 2.46. The lowest BCUT2D eigenvalue weighted by molar-refractivity contribution is 0.0697. The zero-order valence-corrected chi connectivity index (χ0v) is 12.7. The maximum atomic E-state index is 12.3. The molecule has 0 atom stereocenters. The normalized spacial score (nSPS) is 11.3. The highest BCUT2D eigenvalue weighted by Gasteiger charge is 2.25. The summed E-state index contributed by atoms with van der Waals surface area (Å²) < 4.78 is 24.6. The molecular formula is C12H8Cl2N2O4S. The SMILES string of the molecule is O=C(O)c1c(Cl)ccc(S(=O)(=O)Cc2ncccn2)c1Cl. The molecule has 0 spiro atoms. The van der Waals surface area contributed by atoms with Gasteiger partial charge < -0.3 is 5.11 Å². The van der Waals surface area contributed by atoms with Crippen LogP contribution in [-0.2, 0) is 15.6 Å². The van der Waals surface area contributed by atoms with Crippen LogP contribution in [0.1, 0.15) is 16.2 Å². The molecule has 0 bridgehead atoms. The van der Waals surface area contributed by atoms with Crippen molar-refractivity contribution in [2.75, 3.05) is 0 Å². The van der Waals surface area contributed by atoms with Crippen molar-refractivity contribution < 1.29 is 18.3 Å². The molecule has 2 aromatic rings. The van der Waals surface area contributed by atoms with Gasteiger partial charge in [-0.05, 0) is 18.2 Å². The van der Waals surface area contributed by atoms with Crippen molar-refractivity contribution in [3.63, 3.8) is 0 Å². The van der Waals surface area contributed by atoms with Gasteiger partial charge in [-0.3, -0.25) is 0 Å². The monoisotopic (exact) mass is 346 g/mol. The number of carboxylic acids is 1. The largest absolute Gasteiger partial charge is 0.478 e. The molecule has 1 N–H and O–H groups in total. The summed E-state index contributed by atoms with van der Waals surface area (Å²) in [5.74, 6) is -1.81. The lowest BCUT2D eigenvalue weighted by atomic mass is 10.2. The second-order valence-corrected chi connectivity index (χ2v) is 6.71. The number of aromatic nitrogens is 2. The van der Waals surface area contributed by atoms with Crippen molar-refractivity contribution in [3.8, 4) is 0 Å². The van der Waals surface area contributed by atoms with E-state index in [0.29, 0.717) is 0 Å². The number of carboxylic acid groups (broad SMARTS) is 1. The van der Waals surface area contributed by atoms with E-state index in [2.05, 4.69) is 9.97 Å². The Morgan fingerprint density at radius 1 is 1.19 bits per heavy atom. The van der Waals surface area contributed by atoms with E-state index < -0.39 is 32.1 Å². The van der Waals surface area contributed by atoms with Gasteiger partial charge in [-0.1, -0.05) is 23.2 Å². The standard InChI is InChI=1S/C12H8Cl2N2O4S/c13-7-2-3-8(11(14)10(7)12(17)18)21(19,20)6-9-15-4-1-5-16-9/h1-5H,6H2,(H,17,18). The first kappa shape index (κ1) is 15.7. The number of benzene rings is 1. The summed E-state index contributed by atoms with van der Waals surface area (Å²) in [6, 6.07) is 3.89. The average Bonchev–Trinajstić information content (AvgIpc) is 2.38. The summed E-state index contributed by atoms with van der Waals surface area (Å²) in [4.78, 5) is 18.4. The van der Waals surface area contributed by atoms with Crippen LogP contribution in [0.15, 0.2) is 35.5 Å². The maximum Gasteiger partial charge on any atom is 0.338 e. The number of aromatic carboxylic acids is 1. The first-order valence-corrected chi connectivity index (χ1v) is 7.93. The highest BCUT2D eigenvalue weighted by molar-refractivity contribution is 7.90. The quantitative estimate of drug-likeness (QED) is 0.912. The summed E-state index contributed by atoms with van der Waals surface area (Å²) >= 11 is 11.6. The Balaban J connectivity index is 2.51. The van der Waals surface area contributed by atoms with Crippen molar-refractivity contribution in [2.45, 2.75) is 10.6 Å². The Labute approximate surface area is 130 Å². The molecule has 0 saturated heterocycles. The van der Waals surface area contributed by atoms with Crippen LogP contribution in [0.2, 0.25) is 10.0 Å². The number of halogens is 2. The van der Waals surface area contributed by atoms with Crippen LogP contribution in [0.5, 0.6) is 0 Å². The van der Waals surface area contributed by atoms with Gasteiger partial charge in [0.2, 0.25) is 0 Å². The van der Waals surface area contributed by atoms with Gasteiger partial charge in [0.25, 0.3) is 0 Å². The molecule has 0 aliphatic heterocycles. The van der Waals surface area contributed by atoms with Crippen molar-refractivity contribution in [1.82, 2.24) is 9.97 Å². The predicted molar refractivity (Wildman–Crippen MR) is 76.3 cm³/mol. The molecule has 0 fully saturated rings. The van der Waals surface area contributed by atoms with Crippen LogP contribution in [0.25, 0.3) is 0 Å². The third-order valence-electron chi connectivity index (χ3n) is 2.54. The van der Waals surface area contributed by atoms with Gasteiger partial charge in [0.1, 0.15) is 11.6 Å². The average molecular weight is 347 g/mol. The molecule has 0 aliphatic rings. The summed E-state index contributed by atoms with van der Waals surface area (Å²) in [5, 5.41) is 8.48. The fraction of sp³-hybridized carbons (Fsp3) is 0.0833. The van der Waals surface area contributed by atoms with E-state index in [9.17, 15) is 13.2 Å². The van der Waals surface area contributed by atoms with Crippen molar-refractivity contribution in [1.29, 1.82) is 0 Å². The van der Waals surface area contributed by atoms with E-state index in [0.717, 1.165) is 6.07 Å². The summed E-state index contributed by atoms with van der Waals surface area (Å²) in [7, 11) is -3.90. The van der Waals surface area contributed by atoms with E-state index >= 15 is 0 Å². The number of carbonyl (C=O) groups is 1. The number of rotatable bonds is 4. The second kappa shape index (κ2) is 5.97. The fourth-order valence-corrected chi connectivity index (χ4v) is 3.80. The molecule has 0 amide bonds. The van der Waals surface area contributed by atoms with Gasteiger partial charge in [-0.25, -0.2) is 23.2 Å². The molecule has 0 aliphatic carbocycles. The first-order chi connectivity index (χ1) is 9.83. The molecular weight excluding hydrogens is 339 g/mol. The number of hydrogen-bond acceptors (Lipinski definition) is 5.